The van der Waals surface area contributed by atoms with Crippen molar-refractivity contribution in [2.45, 2.75) is 33.5 Å². The van der Waals surface area contributed by atoms with Crippen molar-refractivity contribution in [2.75, 3.05) is 11.9 Å². The normalized spacial score (nSPS) is 11.1. The predicted molar refractivity (Wildman–Crippen MR) is 92.8 cm³/mol. The molecule has 8 nitrogen and oxygen atoms in total. The summed E-state index contributed by atoms with van der Waals surface area (Å²) in [7, 11) is 0. The zero-order valence-electron chi connectivity index (χ0n) is 15.3. The third-order valence-electron chi connectivity index (χ3n) is 3.39. The number of anilines is 1. The van der Waals surface area contributed by atoms with Crippen LogP contribution in [0.1, 0.15) is 34.2 Å². The van der Waals surface area contributed by atoms with Gasteiger partial charge in [0.05, 0.1) is 0 Å². The Morgan fingerprint density at radius 1 is 1.18 bits per heavy atom. The number of aryl methyl sites for hydroxylation is 2. The third kappa shape index (κ3) is 6.49. The second kappa shape index (κ2) is 8.63. The number of carbonyl (C=O) groups is 2. The van der Waals surface area contributed by atoms with Gasteiger partial charge in [-0.3, -0.25) is 14.9 Å². The maximum Gasteiger partial charge on any atom is 0.422 e. The fourth-order valence-corrected chi connectivity index (χ4v) is 2.14. The molecule has 0 spiro atoms. The summed E-state index contributed by atoms with van der Waals surface area (Å²) in [5.74, 6) is -1.02. The van der Waals surface area contributed by atoms with Gasteiger partial charge in [0.1, 0.15) is 5.69 Å². The average molecular weight is 397 g/mol. The number of hydrogen-bond acceptors (Lipinski definition) is 6. The highest BCUT2D eigenvalue weighted by Gasteiger charge is 2.28. The first kappa shape index (κ1) is 21.1. The van der Waals surface area contributed by atoms with Crippen molar-refractivity contribution in [3.63, 3.8) is 0 Å². The van der Waals surface area contributed by atoms with Crippen LogP contribution in [0.3, 0.4) is 0 Å². The molecule has 2 rings (SSSR count). The maximum absolute atomic E-state index is 12.3. The highest BCUT2D eigenvalue weighted by molar-refractivity contribution is 5.93. The van der Waals surface area contributed by atoms with Crippen LogP contribution in [0, 0.1) is 13.8 Å². The van der Waals surface area contributed by atoms with Gasteiger partial charge in [0.15, 0.2) is 6.61 Å². The number of hydrogen-bond donors (Lipinski definition) is 2. The lowest BCUT2D eigenvalue weighted by Gasteiger charge is -2.11. The molecule has 0 radical (unpaired) electrons. The topological polar surface area (TPSA) is 106 Å². The molecule has 2 N–H and O–H groups in total. The summed E-state index contributed by atoms with van der Waals surface area (Å²) in [6.07, 6.45) is -3.12. The van der Waals surface area contributed by atoms with E-state index in [0.29, 0.717) is 16.8 Å². The summed E-state index contributed by atoms with van der Waals surface area (Å²) >= 11 is 0. The molecule has 28 heavy (non-hydrogen) atoms. The highest BCUT2D eigenvalue weighted by Crippen LogP contribution is 2.19. The molecule has 2 aromatic rings. The van der Waals surface area contributed by atoms with Gasteiger partial charge in [0, 0.05) is 31.4 Å². The minimum atomic E-state index is -4.45. The van der Waals surface area contributed by atoms with E-state index >= 15 is 0 Å². The summed E-state index contributed by atoms with van der Waals surface area (Å²) in [4.78, 5) is 35.2. The first-order valence-electron chi connectivity index (χ1n) is 8.10. The fraction of sp³-hybridized carbons (Fsp3) is 0.353. The van der Waals surface area contributed by atoms with Crippen LogP contribution in [0.5, 0.6) is 5.88 Å². The van der Waals surface area contributed by atoms with Gasteiger partial charge in [0.2, 0.25) is 17.7 Å². The highest BCUT2D eigenvalue weighted by atomic mass is 19.4. The Hall–Kier alpha value is -3.24. The van der Waals surface area contributed by atoms with Crippen LogP contribution < -0.4 is 15.4 Å². The second-order valence-corrected chi connectivity index (χ2v) is 5.93. The van der Waals surface area contributed by atoms with Gasteiger partial charge in [-0.2, -0.15) is 13.2 Å². The molecule has 0 atom stereocenters. The molecular formula is C17H18F3N5O3. The molecule has 2 amide bonds. The maximum atomic E-state index is 12.3. The van der Waals surface area contributed by atoms with Gasteiger partial charge < -0.3 is 10.1 Å². The van der Waals surface area contributed by atoms with Gasteiger partial charge in [-0.1, -0.05) is 0 Å². The number of amides is 2. The summed E-state index contributed by atoms with van der Waals surface area (Å²) in [5.41, 5.74) is 1.76. The zero-order chi connectivity index (χ0) is 20.9. The fourth-order valence-electron chi connectivity index (χ4n) is 2.14. The molecule has 0 bridgehead atoms. The molecule has 11 heteroatoms. The summed E-state index contributed by atoms with van der Waals surface area (Å²) in [5, 5.41) is 5.04. The van der Waals surface area contributed by atoms with Gasteiger partial charge in [-0.25, -0.2) is 15.0 Å². The van der Waals surface area contributed by atoms with Gasteiger partial charge in [0.25, 0.3) is 5.91 Å². The number of aromatic nitrogens is 3. The van der Waals surface area contributed by atoms with Crippen LogP contribution in [0.15, 0.2) is 18.3 Å². The number of nitrogens with one attached hydrogen (secondary N) is 2. The number of halogens is 3. The van der Waals surface area contributed by atoms with E-state index in [9.17, 15) is 22.8 Å². The number of alkyl halides is 3. The number of rotatable bonds is 6. The summed E-state index contributed by atoms with van der Waals surface area (Å²) in [6, 6.07) is 2.82. The van der Waals surface area contributed by atoms with Crippen molar-refractivity contribution in [3.05, 3.63) is 40.8 Å². The van der Waals surface area contributed by atoms with Crippen LogP contribution in [0.25, 0.3) is 0 Å². The predicted octanol–water partition coefficient (Wildman–Crippen LogP) is 2.32. The van der Waals surface area contributed by atoms with E-state index in [1.165, 1.54) is 25.3 Å². The minimum absolute atomic E-state index is 0.0154. The van der Waals surface area contributed by atoms with Crippen molar-refractivity contribution in [3.8, 4) is 5.88 Å². The molecule has 0 aromatic carbocycles. The zero-order valence-corrected chi connectivity index (χ0v) is 15.3. The molecule has 2 aromatic heterocycles. The summed E-state index contributed by atoms with van der Waals surface area (Å²) < 4.78 is 41.1. The second-order valence-electron chi connectivity index (χ2n) is 5.93. The standard InChI is InChI=1S/C17H18F3N5O3/c1-9-4-14(28-8-17(18,19)20)21-6-12(9)7-22-15(27)13-5-10(2)23-16(25-13)24-11(3)26/h4-6H,7-8H2,1-3H3,(H,22,27)(H,23,24,25,26). The first-order valence-corrected chi connectivity index (χ1v) is 8.10. The van der Waals surface area contributed by atoms with Crippen LogP contribution in [-0.2, 0) is 11.3 Å². The number of carbonyl (C=O) groups excluding carboxylic acids is 2. The van der Waals surface area contributed by atoms with Crippen molar-refractivity contribution < 1.29 is 27.5 Å². The van der Waals surface area contributed by atoms with E-state index in [1.54, 1.807) is 13.8 Å². The Bertz CT molecular complexity index is 887. The number of ether oxygens (including phenoxy) is 1. The lowest BCUT2D eigenvalue weighted by atomic mass is 10.1. The Morgan fingerprint density at radius 3 is 2.50 bits per heavy atom. The third-order valence-corrected chi connectivity index (χ3v) is 3.39. The van der Waals surface area contributed by atoms with Crippen LogP contribution in [0.2, 0.25) is 0 Å². The molecular weight excluding hydrogens is 379 g/mol. The molecule has 0 aliphatic rings. The Kier molecular flexibility index (Phi) is 6.49. The van der Waals surface area contributed by atoms with E-state index in [4.69, 9.17) is 0 Å². The van der Waals surface area contributed by atoms with Gasteiger partial charge >= 0.3 is 6.18 Å². The molecule has 0 saturated carbocycles. The van der Waals surface area contributed by atoms with Crippen molar-refractivity contribution in [1.82, 2.24) is 20.3 Å². The van der Waals surface area contributed by atoms with Crippen molar-refractivity contribution >= 4 is 17.8 Å². The van der Waals surface area contributed by atoms with Crippen LogP contribution in [-0.4, -0.2) is 39.5 Å². The largest absolute Gasteiger partial charge is 0.468 e. The molecule has 0 unspecified atom stereocenters. The van der Waals surface area contributed by atoms with E-state index < -0.39 is 18.7 Å². The van der Waals surface area contributed by atoms with E-state index in [-0.39, 0.29) is 30.0 Å². The van der Waals surface area contributed by atoms with E-state index in [0.717, 1.165) is 0 Å². The number of pyridine rings is 1. The molecule has 0 aliphatic heterocycles. The molecule has 0 fully saturated rings. The molecule has 150 valence electrons. The van der Waals surface area contributed by atoms with Crippen molar-refractivity contribution in [2.24, 2.45) is 0 Å². The van der Waals surface area contributed by atoms with Gasteiger partial charge in [-0.05, 0) is 31.0 Å². The Morgan fingerprint density at radius 2 is 1.89 bits per heavy atom. The Balaban J connectivity index is 2.02. The molecule has 2 heterocycles. The summed E-state index contributed by atoms with van der Waals surface area (Å²) in [6.45, 7) is 3.25. The lowest BCUT2D eigenvalue weighted by Crippen LogP contribution is -2.25. The molecule has 0 saturated heterocycles. The monoisotopic (exact) mass is 397 g/mol. The lowest BCUT2D eigenvalue weighted by molar-refractivity contribution is -0.154. The molecule has 0 aliphatic carbocycles. The van der Waals surface area contributed by atoms with Crippen LogP contribution in [0.4, 0.5) is 19.1 Å². The van der Waals surface area contributed by atoms with E-state index in [1.807, 2.05) is 0 Å². The van der Waals surface area contributed by atoms with Crippen molar-refractivity contribution in [1.29, 1.82) is 0 Å². The minimum Gasteiger partial charge on any atom is -0.468 e. The van der Waals surface area contributed by atoms with Crippen LogP contribution >= 0.6 is 0 Å². The van der Waals surface area contributed by atoms with Gasteiger partial charge in [-0.15, -0.1) is 0 Å². The SMILES string of the molecule is CC(=O)Nc1nc(C)cc(C(=O)NCc2cnc(OCC(F)(F)F)cc2C)n1. The van der Waals surface area contributed by atoms with E-state index in [2.05, 4.69) is 30.3 Å². The number of nitrogens with zero attached hydrogens (tertiary/aromatic N) is 3. The Labute approximate surface area is 158 Å². The quantitative estimate of drug-likeness (QED) is 0.775. The smallest absolute Gasteiger partial charge is 0.422 e. The average Bonchev–Trinajstić information content (AvgIpc) is 2.57. The first-order chi connectivity index (χ1) is 13.0.